The summed E-state index contributed by atoms with van der Waals surface area (Å²) < 4.78 is 0. The first kappa shape index (κ1) is 15.9. The van der Waals surface area contributed by atoms with Gasteiger partial charge in [-0.25, -0.2) is 0 Å². The van der Waals surface area contributed by atoms with E-state index in [0.29, 0.717) is 0 Å². The summed E-state index contributed by atoms with van der Waals surface area (Å²) in [7, 11) is 0. The van der Waals surface area contributed by atoms with Crippen LogP contribution in [0.3, 0.4) is 0 Å². The van der Waals surface area contributed by atoms with Gasteiger partial charge in [0.25, 0.3) is 0 Å². The van der Waals surface area contributed by atoms with Crippen LogP contribution >= 0.6 is 0 Å². The second-order valence-electron chi connectivity index (χ2n) is 4.16. The smallest absolute Gasteiger partial charge is 0 e. The van der Waals surface area contributed by atoms with Gasteiger partial charge in [-0.1, -0.05) is 66.7 Å². The van der Waals surface area contributed by atoms with E-state index in [9.17, 15) is 0 Å². The monoisotopic (exact) mass is 261 g/mol. The van der Waals surface area contributed by atoms with E-state index < -0.39 is 0 Å². The second-order valence-corrected chi connectivity index (χ2v) is 4.16. The molecule has 94 valence electrons. The molecule has 0 nitrogen and oxygen atoms in total. The molecule has 16 heavy (non-hydrogen) atoms. The minimum absolute atomic E-state index is 0. The number of hydrogen-bond acceptors (Lipinski definition) is 0. The Morgan fingerprint density at radius 2 is 1.06 bits per heavy atom. The van der Waals surface area contributed by atoms with Gasteiger partial charge in [0.05, 0.1) is 0 Å². The molecule has 0 aliphatic heterocycles. The minimum atomic E-state index is 0. The van der Waals surface area contributed by atoms with E-state index in [1.807, 2.05) is 0 Å². The van der Waals surface area contributed by atoms with Gasteiger partial charge in [-0.15, -0.1) is 0 Å². The van der Waals surface area contributed by atoms with Gasteiger partial charge in [0.2, 0.25) is 0 Å². The molecular formula is C15H25Fe-. The van der Waals surface area contributed by atoms with Crippen LogP contribution in [0, 0.1) is 0 Å². The Balaban J connectivity index is 0.00000225. The summed E-state index contributed by atoms with van der Waals surface area (Å²) in [6, 6.07) is 0. The summed E-state index contributed by atoms with van der Waals surface area (Å²) in [4.78, 5) is 0. The van der Waals surface area contributed by atoms with Crippen LogP contribution in [0.15, 0.2) is 0 Å². The van der Waals surface area contributed by atoms with Crippen molar-refractivity contribution in [2.75, 3.05) is 0 Å². The normalized spacial score (nSPS) is 10.3. The molecule has 0 spiro atoms. The van der Waals surface area contributed by atoms with E-state index in [2.05, 4.69) is 34.6 Å². The zero-order chi connectivity index (χ0) is 11.4. The average molecular weight is 261 g/mol. The SMILES string of the molecule is CCc1c(CC)c(CC)[c-](CC)c1CC.[Fe]. The molecule has 1 heteroatoms. The standard InChI is InChI=1S/C15H25.Fe/c1-6-11-12(7-2)14(9-4)15(10-5)13(11)8-3;/h6-10H2,1-5H3;/q-1;. The minimum Gasteiger partial charge on any atom is -0.192 e. The predicted octanol–water partition coefficient (Wildman–Crippen LogP) is 4.22. The van der Waals surface area contributed by atoms with Crippen molar-refractivity contribution in [3.05, 3.63) is 27.8 Å². The van der Waals surface area contributed by atoms with Crippen molar-refractivity contribution in [2.45, 2.75) is 66.7 Å². The molecule has 1 aromatic carbocycles. The molecule has 0 atom stereocenters. The fraction of sp³-hybridized carbons (Fsp3) is 0.667. The maximum Gasteiger partial charge on any atom is 0 e. The fourth-order valence-electron chi connectivity index (χ4n) is 3.04. The molecule has 1 aromatic rings. The molecule has 0 aliphatic rings. The third kappa shape index (κ3) is 2.57. The summed E-state index contributed by atoms with van der Waals surface area (Å²) in [5.41, 5.74) is 8.30. The first-order valence-corrected chi connectivity index (χ1v) is 6.55. The molecule has 0 saturated heterocycles. The van der Waals surface area contributed by atoms with Crippen LogP contribution in [0.25, 0.3) is 0 Å². The van der Waals surface area contributed by atoms with Gasteiger partial charge in [-0.2, -0.15) is 27.8 Å². The quantitative estimate of drug-likeness (QED) is 0.550. The van der Waals surface area contributed by atoms with E-state index in [4.69, 9.17) is 0 Å². The van der Waals surface area contributed by atoms with Crippen LogP contribution in [0.5, 0.6) is 0 Å². The van der Waals surface area contributed by atoms with E-state index >= 15 is 0 Å². The second kappa shape index (κ2) is 7.25. The van der Waals surface area contributed by atoms with Gasteiger partial charge in [0.15, 0.2) is 0 Å². The van der Waals surface area contributed by atoms with Crippen LogP contribution in [0.2, 0.25) is 0 Å². The molecule has 0 unspecified atom stereocenters. The summed E-state index contributed by atoms with van der Waals surface area (Å²) in [6.45, 7) is 11.5. The zero-order valence-corrected chi connectivity index (χ0v) is 12.5. The summed E-state index contributed by atoms with van der Waals surface area (Å²) >= 11 is 0. The zero-order valence-electron chi connectivity index (χ0n) is 11.4. The summed E-state index contributed by atoms with van der Waals surface area (Å²) in [5, 5.41) is 0. The van der Waals surface area contributed by atoms with Crippen molar-refractivity contribution in [2.24, 2.45) is 0 Å². The van der Waals surface area contributed by atoms with E-state index in [0.717, 1.165) is 0 Å². The van der Waals surface area contributed by atoms with Crippen molar-refractivity contribution in [1.29, 1.82) is 0 Å². The Bertz CT molecular complexity index is 229. The van der Waals surface area contributed by atoms with Crippen molar-refractivity contribution < 1.29 is 17.1 Å². The molecule has 0 bridgehead atoms. The summed E-state index contributed by atoms with van der Waals surface area (Å²) in [6.07, 6.45) is 6.04. The van der Waals surface area contributed by atoms with Crippen LogP contribution < -0.4 is 0 Å². The molecule has 0 aliphatic carbocycles. The third-order valence-electron chi connectivity index (χ3n) is 3.59. The molecule has 0 heterocycles. The van der Waals surface area contributed by atoms with Gasteiger partial charge in [0.1, 0.15) is 0 Å². The Morgan fingerprint density at radius 3 is 1.25 bits per heavy atom. The Labute approximate surface area is 112 Å². The van der Waals surface area contributed by atoms with E-state index in [1.165, 1.54) is 32.1 Å². The van der Waals surface area contributed by atoms with Gasteiger partial charge < -0.3 is 0 Å². The van der Waals surface area contributed by atoms with Crippen molar-refractivity contribution in [3.8, 4) is 0 Å². The maximum absolute atomic E-state index is 2.30. The molecule has 0 fully saturated rings. The average Bonchev–Trinajstić information content (AvgIpc) is 2.59. The van der Waals surface area contributed by atoms with Crippen LogP contribution in [-0.4, -0.2) is 0 Å². The maximum atomic E-state index is 2.30. The Kier molecular flexibility index (Phi) is 7.19. The van der Waals surface area contributed by atoms with Crippen LogP contribution in [-0.2, 0) is 49.2 Å². The van der Waals surface area contributed by atoms with Gasteiger partial charge in [0, 0.05) is 17.1 Å². The summed E-state index contributed by atoms with van der Waals surface area (Å²) in [5.74, 6) is 0. The predicted molar refractivity (Wildman–Crippen MR) is 68.9 cm³/mol. The Hall–Kier alpha value is -0.131. The first-order chi connectivity index (χ1) is 7.24. The molecular weight excluding hydrogens is 236 g/mol. The van der Waals surface area contributed by atoms with Gasteiger partial charge >= 0.3 is 0 Å². The molecule has 0 saturated carbocycles. The van der Waals surface area contributed by atoms with E-state index in [-0.39, 0.29) is 17.1 Å². The third-order valence-corrected chi connectivity index (χ3v) is 3.59. The fourth-order valence-corrected chi connectivity index (χ4v) is 3.04. The van der Waals surface area contributed by atoms with Crippen LogP contribution in [0.1, 0.15) is 62.4 Å². The molecule has 0 radical (unpaired) electrons. The van der Waals surface area contributed by atoms with Crippen LogP contribution in [0.4, 0.5) is 0 Å². The Morgan fingerprint density at radius 1 is 0.688 bits per heavy atom. The topological polar surface area (TPSA) is 0 Å². The van der Waals surface area contributed by atoms with Gasteiger partial charge in [-0.05, 0) is 0 Å². The van der Waals surface area contributed by atoms with Crippen molar-refractivity contribution >= 4 is 0 Å². The van der Waals surface area contributed by atoms with Crippen molar-refractivity contribution in [1.82, 2.24) is 0 Å². The number of rotatable bonds is 5. The molecule has 0 amide bonds. The number of hydrogen-bond donors (Lipinski definition) is 0. The van der Waals surface area contributed by atoms with Gasteiger partial charge in [-0.3, -0.25) is 0 Å². The molecule has 0 N–H and O–H groups in total. The first-order valence-electron chi connectivity index (χ1n) is 6.55. The van der Waals surface area contributed by atoms with Crippen molar-refractivity contribution in [3.63, 3.8) is 0 Å². The van der Waals surface area contributed by atoms with E-state index in [1.54, 1.807) is 27.8 Å². The molecule has 0 aromatic heterocycles. The largest absolute Gasteiger partial charge is 0.192 e. The molecule has 1 rings (SSSR count).